The summed E-state index contributed by atoms with van der Waals surface area (Å²) in [7, 11) is 1.63. The van der Waals surface area contributed by atoms with Crippen molar-refractivity contribution in [2.24, 2.45) is 5.73 Å². The summed E-state index contributed by atoms with van der Waals surface area (Å²) in [4.78, 5) is 4.11. The molecule has 0 atom stereocenters. The molecule has 0 aliphatic carbocycles. The van der Waals surface area contributed by atoms with E-state index in [0.29, 0.717) is 5.88 Å². The second-order valence-electron chi connectivity index (χ2n) is 2.99. The molecule has 0 unspecified atom stereocenters. The third kappa shape index (κ3) is 3.32. The van der Waals surface area contributed by atoms with Crippen molar-refractivity contribution in [3.8, 4) is 5.88 Å². The Labute approximate surface area is 84.5 Å². The first-order valence-electron chi connectivity index (χ1n) is 4.77. The molecule has 0 bridgehead atoms. The Kier molecular flexibility index (Phi) is 4.96. The normalized spacial score (nSPS) is 10.1. The maximum atomic E-state index is 5.39. The summed E-state index contributed by atoms with van der Waals surface area (Å²) in [6, 6.07) is 3.91. The Morgan fingerprint density at radius 2 is 2.43 bits per heavy atom. The third-order valence-electron chi connectivity index (χ3n) is 1.92. The second-order valence-corrected chi connectivity index (χ2v) is 2.99. The van der Waals surface area contributed by atoms with Gasteiger partial charge in [-0.3, -0.25) is 0 Å². The molecule has 4 nitrogen and oxygen atoms in total. The third-order valence-corrected chi connectivity index (χ3v) is 1.92. The van der Waals surface area contributed by atoms with Gasteiger partial charge in [0.25, 0.3) is 0 Å². The fourth-order valence-corrected chi connectivity index (χ4v) is 1.19. The Bertz CT molecular complexity index is 265. The summed E-state index contributed by atoms with van der Waals surface area (Å²) in [5.74, 6) is 0.688. The van der Waals surface area contributed by atoms with Crippen molar-refractivity contribution in [1.82, 2.24) is 10.3 Å². The lowest BCUT2D eigenvalue weighted by atomic mass is 10.2. The number of nitrogens with zero attached hydrogens (tertiary/aromatic N) is 1. The van der Waals surface area contributed by atoms with Crippen LogP contribution in [0.4, 0.5) is 0 Å². The minimum Gasteiger partial charge on any atom is -0.481 e. The molecule has 78 valence electrons. The van der Waals surface area contributed by atoms with Crippen LogP contribution in [0.15, 0.2) is 18.3 Å². The minimum absolute atomic E-state index is 0.688. The van der Waals surface area contributed by atoms with E-state index in [-0.39, 0.29) is 0 Å². The van der Waals surface area contributed by atoms with Gasteiger partial charge in [-0.1, -0.05) is 6.07 Å². The van der Waals surface area contributed by atoms with Crippen LogP contribution in [0.1, 0.15) is 12.0 Å². The summed E-state index contributed by atoms with van der Waals surface area (Å²) in [6.07, 6.45) is 2.71. The molecule has 0 spiro atoms. The van der Waals surface area contributed by atoms with Gasteiger partial charge in [-0.2, -0.15) is 0 Å². The molecule has 0 aliphatic rings. The molecule has 3 N–H and O–H groups in total. The van der Waals surface area contributed by atoms with Crippen molar-refractivity contribution in [1.29, 1.82) is 0 Å². The van der Waals surface area contributed by atoms with Crippen molar-refractivity contribution in [2.45, 2.75) is 13.0 Å². The van der Waals surface area contributed by atoms with Gasteiger partial charge in [-0.05, 0) is 25.6 Å². The number of methoxy groups -OCH3 is 1. The summed E-state index contributed by atoms with van der Waals surface area (Å²) in [5, 5.41) is 3.28. The Morgan fingerprint density at radius 3 is 3.14 bits per heavy atom. The number of nitrogens with two attached hydrogens (primary N) is 1. The fourth-order valence-electron chi connectivity index (χ4n) is 1.19. The molecule has 1 rings (SSSR count). The topological polar surface area (TPSA) is 60.2 Å². The average molecular weight is 195 g/mol. The Hall–Kier alpha value is -1.13. The SMILES string of the molecule is COc1ncccc1CNCCCN. The number of rotatable bonds is 6. The van der Waals surface area contributed by atoms with Crippen LogP contribution in [0.2, 0.25) is 0 Å². The molecule has 0 aromatic carbocycles. The molecule has 14 heavy (non-hydrogen) atoms. The quantitative estimate of drug-likeness (QED) is 0.650. The van der Waals surface area contributed by atoms with Crippen LogP contribution in [0.5, 0.6) is 5.88 Å². The largest absolute Gasteiger partial charge is 0.481 e. The zero-order valence-corrected chi connectivity index (χ0v) is 8.49. The van der Waals surface area contributed by atoms with Gasteiger partial charge in [0.05, 0.1) is 7.11 Å². The van der Waals surface area contributed by atoms with E-state index in [1.54, 1.807) is 13.3 Å². The van der Waals surface area contributed by atoms with Crippen LogP contribution in [-0.4, -0.2) is 25.2 Å². The smallest absolute Gasteiger partial charge is 0.217 e. The van der Waals surface area contributed by atoms with Gasteiger partial charge in [0, 0.05) is 18.3 Å². The predicted octanol–water partition coefficient (Wildman–Crippen LogP) is 0.529. The van der Waals surface area contributed by atoms with E-state index < -0.39 is 0 Å². The monoisotopic (exact) mass is 195 g/mol. The fraction of sp³-hybridized carbons (Fsp3) is 0.500. The maximum absolute atomic E-state index is 5.39. The molecule has 1 aromatic heterocycles. The van der Waals surface area contributed by atoms with E-state index in [2.05, 4.69) is 10.3 Å². The highest BCUT2D eigenvalue weighted by atomic mass is 16.5. The van der Waals surface area contributed by atoms with E-state index >= 15 is 0 Å². The first kappa shape index (κ1) is 10.9. The molecule has 4 heteroatoms. The molecule has 1 aromatic rings. The number of hydrogen-bond donors (Lipinski definition) is 2. The lowest BCUT2D eigenvalue weighted by molar-refractivity contribution is 0.390. The lowest BCUT2D eigenvalue weighted by Gasteiger charge is -2.07. The maximum Gasteiger partial charge on any atom is 0.217 e. The Balaban J connectivity index is 2.41. The van der Waals surface area contributed by atoms with Gasteiger partial charge >= 0.3 is 0 Å². The van der Waals surface area contributed by atoms with Gasteiger partial charge in [-0.25, -0.2) is 4.98 Å². The van der Waals surface area contributed by atoms with Gasteiger partial charge in [0.2, 0.25) is 5.88 Å². The van der Waals surface area contributed by atoms with Crippen molar-refractivity contribution in [3.05, 3.63) is 23.9 Å². The highest BCUT2D eigenvalue weighted by Crippen LogP contribution is 2.12. The molecular weight excluding hydrogens is 178 g/mol. The first-order valence-corrected chi connectivity index (χ1v) is 4.77. The molecule has 0 aliphatic heterocycles. The highest BCUT2D eigenvalue weighted by Gasteiger charge is 2.01. The summed E-state index contributed by atoms with van der Waals surface area (Å²) < 4.78 is 5.13. The van der Waals surface area contributed by atoms with Gasteiger partial charge in [0.15, 0.2) is 0 Å². The van der Waals surface area contributed by atoms with Crippen LogP contribution in [0, 0.1) is 0 Å². The molecule has 1 heterocycles. The molecule has 0 saturated carbocycles. The second kappa shape index (κ2) is 6.34. The predicted molar refractivity (Wildman–Crippen MR) is 56.2 cm³/mol. The molecule has 0 radical (unpaired) electrons. The number of nitrogens with one attached hydrogen (secondary N) is 1. The Morgan fingerprint density at radius 1 is 1.57 bits per heavy atom. The molecular formula is C10H17N3O. The summed E-state index contributed by atoms with van der Waals surface area (Å²) in [6.45, 7) is 2.42. The van der Waals surface area contributed by atoms with E-state index in [1.807, 2.05) is 12.1 Å². The van der Waals surface area contributed by atoms with Crippen molar-refractivity contribution in [2.75, 3.05) is 20.2 Å². The van der Waals surface area contributed by atoms with Gasteiger partial charge in [0.1, 0.15) is 0 Å². The van der Waals surface area contributed by atoms with Crippen LogP contribution in [0.3, 0.4) is 0 Å². The van der Waals surface area contributed by atoms with Crippen LogP contribution in [-0.2, 0) is 6.54 Å². The van der Waals surface area contributed by atoms with Crippen molar-refractivity contribution < 1.29 is 4.74 Å². The zero-order valence-electron chi connectivity index (χ0n) is 8.49. The van der Waals surface area contributed by atoms with E-state index in [1.165, 1.54) is 0 Å². The average Bonchev–Trinajstić information content (AvgIpc) is 2.25. The number of ether oxygens (including phenoxy) is 1. The van der Waals surface area contributed by atoms with Crippen LogP contribution < -0.4 is 15.8 Å². The summed E-state index contributed by atoms with van der Waals surface area (Å²) >= 11 is 0. The number of aromatic nitrogens is 1. The first-order chi connectivity index (χ1) is 6.88. The van der Waals surface area contributed by atoms with E-state index in [0.717, 1.165) is 31.6 Å². The lowest BCUT2D eigenvalue weighted by Crippen LogP contribution is -2.18. The number of hydrogen-bond acceptors (Lipinski definition) is 4. The van der Waals surface area contributed by atoms with E-state index in [4.69, 9.17) is 10.5 Å². The van der Waals surface area contributed by atoms with Crippen molar-refractivity contribution in [3.63, 3.8) is 0 Å². The standard InChI is InChI=1S/C10H17N3O/c1-14-10-9(4-2-7-13-10)8-12-6-3-5-11/h2,4,7,12H,3,5-6,8,11H2,1H3. The molecule has 0 amide bonds. The minimum atomic E-state index is 0.688. The molecule has 0 saturated heterocycles. The molecule has 0 fully saturated rings. The van der Waals surface area contributed by atoms with E-state index in [9.17, 15) is 0 Å². The van der Waals surface area contributed by atoms with Crippen molar-refractivity contribution >= 4 is 0 Å². The zero-order chi connectivity index (χ0) is 10.2. The van der Waals surface area contributed by atoms with Crippen LogP contribution >= 0.6 is 0 Å². The van der Waals surface area contributed by atoms with Gasteiger partial charge < -0.3 is 15.8 Å². The number of pyridine rings is 1. The van der Waals surface area contributed by atoms with Crippen LogP contribution in [0.25, 0.3) is 0 Å². The highest BCUT2D eigenvalue weighted by molar-refractivity contribution is 5.24. The summed E-state index contributed by atoms with van der Waals surface area (Å²) in [5.41, 5.74) is 6.46. The van der Waals surface area contributed by atoms with Gasteiger partial charge in [-0.15, -0.1) is 0 Å².